The molecule has 4 nitrogen and oxygen atoms in total. The summed E-state index contributed by atoms with van der Waals surface area (Å²) in [5.74, 6) is 0. The van der Waals surface area contributed by atoms with Crippen LogP contribution in [0.2, 0.25) is 0 Å². The van der Waals surface area contributed by atoms with Crippen molar-refractivity contribution in [2.75, 3.05) is 26.4 Å². The Kier molecular flexibility index (Phi) is 11.7. The van der Waals surface area contributed by atoms with Crippen molar-refractivity contribution in [3.05, 3.63) is 0 Å². The highest BCUT2D eigenvalue weighted by atomic mass is 28.4. The van der Waals surface area contributed by atoms with Crippen LogP contribution < -0.4 is 0 Å². The van der Waals surface area contributed by atoms with Crippen LogP contribution in [-0.2, 0) is 17.7 Å². The van der Waals surface area contributed by atoms with E-state index in [1.165, 1.54) is 0 Å². The van der Waals surface area contributed by atoms with Crippen molar-refractivity contribution in [3.8, 4) is 0 Å². The Morgan fingerprint density at radius 2 is 0.857 bits per heavy atom. The van der Waals surface area contributed by atoms with Gasteiger partial charge in [-0.25, -0.2) is 0 Å². The zero-order valence-electron chi connectivity index (χ0n) is 9.46. The van der Waals surface area contributed by atoms with Gasteiger partial charge in [-0.2, -0.15) is 0 Å². The molecule has 0 amide bonds. The summed E-state index contributed by atoms with van der Waals surface area (Å²) in [6.45, 7) is 9.80. The van der Waals surface area contributed by atoms with E-state index in [0.29, 0.717) is 26.4 Å². The van der Waals surface area contributed by atoms with Crippen LogP contribution in [0.1, 0.15) is 27.7 Å². The fraction of sp³-hybridized carbons (Fsp3) is 1.00. The summed E-state index contributed by atoms with van der Waals surface area (Å²) in [6.07, 6.45) is 0. The standard InChI is InChI=1S/C8H20O4Si.Si/c1-5-9-13(10-6-2,11-7-3)12-8-4;/h5-8H2,1-4H3;. The van der Waals surface area contributed by atoms with Crippen molar-refractivity contribution in [2.24, 2.45) is 0 Å². The second-order valence-electron chi connectivity index (χ2n) is 2.23. The van der Waals surface area contributed by atoms with E-state index in [-0.39, 0.29) is 11.0 Å². The topological polar surface area (TPSA) is 36.9 Å². The van der Waals surface area contributed by atoms with Crippen LogP contribution in [0.25, 0.3) is 0 Å². The summed E-state index contributed by atoms with van der Waals surface area (Å²) in [5, 5.41) is 0. The van der Waals surface area contributed by atoms with E-state index >= 15 is 0 Å². The van der Waals surface area contributed by atoms with Crippen molar-refractivity contribution in [3.63, 3.8) is 0 Å². The Bertz CT molecular complexity index is 94.4. The lowest BCUT2D eigenvalue weighted by Crippen LogP contribution is -2.49. The van der Waals surface area contributed by atoms with Gasteiger partial charge in [0.1, 0.15) is 0 Å². The molecule has 0 fully saturated rings. The second-order valence-corrected chi connectivity index (χ2v) is 4.39. The Hall–Kier alpha value is 0.274. The zero-order chi connectivity index (χ0) is 10.2. The van der Waals surface area contributed by atoms with Gasteiger partial charge in [0.15, 0.2) is 0 Å². The summed E-state index contributed by atoms with van der Waals surface area (Å²) >= 11 is 0. The van der Waals surface area contributed by atoms with Crippen LogP contribution in [0, 0.1) is 0 Å². The van der Waals surface area contributed by atoms with Gasteiger partial charge in [-0.05, 0) is 27.7 Å². The van der Waals surface area contributed by atoms with Gasteiger partial charge in [-0.3, -0.25) is 0 Å². The Balaban J connectivity index is 0. The van der Waals surface area contributed by atoms with Gasteiger partial charge in [0.25, 0.3) is 0 Å². The third-order valence-electron chi connectivity index (χ3n) is 1.28. The van der Waals surface area contributed by atoms with Crippen LogP contribution in [-0.4, -0.2) is 46.4 Å². The first-order chi connectivity index (χ1) is 6.24. The first-order valence-corrected chi connectivity index (χ1v) is 6.43. The predicted octanol–water partition coefficient (Wildman–Crippen LogP) is 1.19. The molecule has 0 aliphatic rings. The van der Waals surface area contributed by atoms with Gasteiger partial charge in [0, 0.05) is 37.4 Å². The predicted molar refractivity (Wildman–Crippen MR) is 58.0 cm³/mol. The van der Waals surface area contributed by atoms with Crippen LogP contribution >= 0.6 is 0 Å². The average Bonchev–Trinajstić information content (AvgIpc) is 2.06. The van der Waals surface area contributed by atoms with Gasteiger partial charge in [0.2, 0.25) is 0 Å². The lowest BCUT2D eigenvalue weighted by molar-refractivity contribution is -0.0247. The molecule has 0 saturated heterocycles. The van der Waals surface area contributed by atoms with Gasteiger partial charge in [-0.15, -0.1) is 0 Å². The Morgan fingerprint density at radius 3 is 1.00 bits per heavy atom. The monoisotopic (exact) mass is 236 g/mol. The van der Waals surface area contributed by atoms with E-state index in [1.807, 2.05) is 27.7 Å². The molecule has 4 radical (unpaired) electrons. The summed E-state index contributed by atoms with van der Waals surface area (Å²) in [7, 11) is -2.80. The Labute approximate surface area is 92.4 Å². The molecule has 0 aliphatic carbocycles. The van der Waals surface area contributed by atoms with E-state index in [1.54, 1.807) is 0 Å². The molecule has 0 rings (SSSR count). The molecular weight excluding hydrogens is 216 g/mol. The molecule has 0 bridgehead atoms. The quantitative estimate of drug-likeness (QED) is 0.593. The highest BCUT2D eigenvalue weighted by molar-refractivity contribution is 6.53. The van der Waals surface area contributed by atoms with E-state index in [0.717, 1.165) is 0 Å². The zero-order valence-corrected chi connectivity index (χ0v) is 11.5. The molecule has 0 aromatic heterocycles. The molecule has 0 heterocycles. The van der Waals surface area contributed by atoms with Gasteiger partial charge in [0.05, 0.1) is 0 Å². The third-order valence-corrected chi connectivity index (χ3v) is 3.85. The van der Waals surface area contributed by atoms with Crippen LogP contribution in [0.5, 0.6) is 0 Å². The molecular formula is C8H20O4Si2. The molecule has 0 unspecified atom stereocenters. The maximum atomic E-state index is 5.42. The van der Waals surface area contributed by atoms with Crippen LogP contribution in [0.4, 0.5) is 0 Å². The third kappa shape index (κ3) is 5.89. The lowest BCUT2D eigenvalue weighted by Gasteiger charge is -2.26. The largest absolute Gasteiger partial charge is 0.679 e. The fourth-order valence-corrected chi connectivity index (χ4v) is 2.87. The number of hydrogen-bond donors (Lipinski definition) is 0. The molecule has 0 atom stereocenters. The summed E-state index contributed by atoms with van der Waals surface area (Å²) in [5.41, 5.74) is 0. The molecule has 0 spiro atoms. The lowest BCUT2D eigenvalue weighted by atomic mass is 10.9. The summed E-state index contributed by atoms with van der Waals surface area (Å²) in [6, 6.07) is 0. The van der Waals surface area contributed by atoms with Crippen molar-refractivity contribution < 1.29 is 17.7 Å². The molecule has 14 heavy (non-hydrogen) atoms. The summed E-state index contributed by atoms with van der Waals surface area (Å²) in [4.78, 5) is 0. The minimum atomic E-state index is -2.80. The van der Waals surface area contributed by atoms with Gasteiger partial charge in [-0.1, -0.05) is 0 Å². The first kappa shape index (κ1) is 16.7. The average molecular weight is 236 g/mol. The van der Waals surface area contributed by atoms with Crippen molar-refractivity contribution >= 4 is 20.0 Å². The maximum absolute atomic E-state index is 5.42. The number of rotatable bonds is 8. The summed E-state index contributed by atoms with van der Waals surface area (Å²) < 4.78 is 21.7. The smallest absolute Gasteiger partial charge is 0.351 e. The van der Waals surface area contributed by atoms with Crippen molar-refractivity contribution in [2.45, 2.75) is 27.7 Å². The van der Waals surface area contributed by atoms with Gasteiger partial charge < -0.3 is 17.7 Å². The number of hydrogen-bond acceptors (Lipinski definition) is 4. The first-order valence-electron chi connectivity index (χ1n) is 4.80. The van der Waals surface area contributed by atoms with E-state index in [2.05, 4.69) is 0 Å². The molecule has 0 aromatic carbocycles. The molecule has 0 aromatic rings. The minimum Gasteiger partial charge on any atom is -0.351 e. The molecule has 0 aliphatic heterocycles. The van der Waals surface area contributed by atoms with Gasteiger partial charge >= 0.3 is 9.05 Å². The normalized spacial score (nSPS) is 11.1. The van der Waals surface area contributed by atoms with Crippen molar-refractivity contribution in [1.82, 2.24) is 0 Å². The van der Waals surface area contributed by atoms with Crippen LogP contribution in [0.15, 0.2) is 0 Å². The Morgan fingerprint density at radius 1 is 0.643 bits per heavy atom. The van der Waals surface area contributed by atoms with Crippen LogP contribution in [0.3, 0.4) is 0 Å². The highest BCUT2D eigenvalue weighted by Crippen LogP contribution is 2.11. The molecule has 6 heteroatoms. The molecule has 0 saturated carbocycles. The molecule has 84 valence electrons. The highest BCUT2D eigenvalue weighted by Gasteiger charge is 2.44. The SMILES string of the molecule is CCO[Si](OCC)(OCC)OCC.[Si]. The fourth-order valence-electron chi connectivity index (χ4n) is 0.957. The van der Waals surface area contributed by atoms with E-state index in [4.69, 9.17) is 17.7 Å². The van der Waals surface area contributed by atoms with E-state index < -0.39 is 9.05 Å². The van der Waals surface area contributed by atoms with E-state index in [9.17, 15) is 0 Å². The molecule has 0 N–H and O–H groups in total. The maximum Gasteiger partial charge on any atom is 0.679 e. The van der Waals surface area contributed by atoms with Crippen molar-refractivity contribution in [1.29, 1.82) is 0 Å². The minimum absolute atomic E-state index is 0. The second kappa shape index (κ2) is 9.81.